The molecule has 1 heterocycles. The molecule has 0 spiro atoms. The third-order valence-electron chi connectivity index (χ3n) is 3.14. The third-order valence-corrected chi connectivity index (χ3v) is 3.14. The summed E-state index contributed by atoms with van der Waals surface area (Å²) in [7, 11) is 0. The zero-order valence-corrected chi connectivity index (χ0v) is 10.9. The maximum absolute atomic E-state index is 12.8. The van der Waals surface area contributed by atoms with Crippen molar-refractivity contribution in [2.45, 2.75) is 6.54 Å². The maximum Gasteiger partial charge on any atom is 0.323 e. The van der Waals surface area contributed by atoms with Crippen LogP contribution < -0.4 is 11.0 Å². The van der Waals surface area contributed by atoms with Crippen LogP contribution in [-0.4, -0.2) is 15.9 Å². The van der Waals surface area contributed by atoms with Crippen LogP contribution in [0.1, 0.15) is 15.9 Å². The van der Waals surface area contributed by atoms with E-state index in [2.05, 4.69) is 15.3 Å². The maximum atomic E-state index is 12.8. The molecule has 3 N–H and O–H groups in total. The fourth-order valence-corrected chi connectivity index (χ4v) is 2.08. The first-order valence-corrected chi connectivity index (χ1v) is 6.36. The van der Waals surface area contributed by atoms with Crippen LogP contribution in [0.4, 0.5) is 4.39 Å². The van der Waals surface area contributed by atoms with Gasteiger partial charge in [0.25, 0.3) is 5.91 Å². The molecule has 0 unspecified atom stereocenters. The molecule has 0 fully saturated rings. The number of amides is 1. The number of aromatic nitrogens is 2. The molecule has 1 aromatic heterocycles. The van der Waals surface area contributed by atoms with Gasteiger partial charge in [0.1, 0.15) is 5.82 Å². The number of aromatic amines is 2. The van der Waals surface area contributed by atoms with Crippen LogP contribution in [0.15, 0.2) is 47.3 Å². The van der Waals surface area contributed by atoms with Gasteiger partial charge in [-0.3, -0.25) is 4.79 Å². The second kappa shape index (κ2) is 5.24. The van der Waals surface area contributed by atoms with Gasteiger partial charge < -0.3 is 15.3 Å². The summed E-state index contributed by atoms with van der Waals surface area (Å²) in [5.41, 5.74) is 2.39. The van der Waals surface area contributed by atoms with Crippen molar-refractivity contribution in [3.05, 3.63) is 69.9 Å². The Morgan fingerprint density at radius 2 is 1.76 bits per heavy atom. The summed E-state index contributed by atoms with van der Waals surface area (Å²) in [6.45, 7) is 0.319. The molecule has 0 bridgehead atoms. The SMILES string of the molecule is O=C(NCc1ccc2[nH]c(=O)[nH]c2c1)c1ccc(F)cc1. The number of carbonyl (C=O) groups is 1. The van der Waals surface area contributed by atoms with Crippen molar-refractivity contribution in [1.82, 2.24) is 15.3 Å². The Hall–Kier alpha value is -2.89. The second-order valence-corrected chi connectivity index (χ2v) is 4.65. The van der Waals surface area contributed by atoms with E-state index < -0.39 is 0 Å². The van der Waals surface area contributed by atoms with Gasteiger partial charge >= 0.3 is 5.69 Å². The smallest absolute Gasteiger partial charge is 0.323 e. The summed E-state index contributed by atoms with van der Waals surface area (Å²) in [6.07, 6.45) is 0. The van der Waals surface area contributed by atoms with E-state index in [1.165, 1.54) is 24.3 Å². The van der Waals surface area contributed by atoms with Gasteiger partial charge in [-0.25, -0.2) is 9.18 Å². The van der Waals surface area contributed by atoms with Crippen molar-refractivity contribution in [2.75, 3.05) is 0 Å². The largest absolute Gasteiger partial charge is 0.348 e. The van der Waals surface area contributed by atoms with Crippen molar-refractivity contribution in [3.8, 4) is 0 Å². The van der Waals surface area contributed by atoms with Gasteiger partial charge in [-0.05, 0) is 42.0 Å². The van der Waals surface area contributed by atoms with E-state index in [9.17, 15) is 14.0 Å². The highest BCUT2D eigenvalue weighted by molar-refractivity contribution is 5.94. The number of rotatable bonds is 3. The molecular formula is C15H12FN3O2. The Labute approximate surface area is 118 Å². The van der Waals surface area contributed by atoms with Crippen LogP contribution in [-0.2, 0) is 6.54 Å². The van der Waals surface area contributed by atoms with Gasteiger partial charge in [-0.1, -0.05) is 6.07 Å². The zero-order chi connectivity index (χ0) is 14.8. The number of fused-ring (bicyclic) bond motifs is 1. The third kappa shape index (κ3) is 2.84. The van der Waals surface area contributed by atoms with Crippen molar-refractivity contribution >= 4 is 16.9 Å². The van der Waals surface area contributed by atoms with E-state index >= 15 is 0 Å². The number of H-pyrrole nitrogens is 2. The van der Waals surface area contributed by atoms with E-state index in [0.717, 1.165) is 5.56 Å². The normalized spacial score (nSPS) is 10.7. The van der Waals surface area contributed by atoms with Crippen LogP contribution in [0.3, 0.4) is 0 Å². The lowest BCUT2D eigenvalue weighted by Crippen LogP contribution is -2.22. The molecule has 21 heavy (non-hydrogen) atoms. The molecule has 3 rings (SSSR count). The molecule has 2 aromatic carbocycles. The van der Waals surface area contributed by atoms with Crippen LogP contribution >= 0.6 is 0 Å². The highest BCUT2D eigenvalue weighted by Gasteiger charge is 2.06. The number of halogens is 1. The monoisotopic (exact) mass is 285 g/mol. The first-order valence-electron chi connectivity index (χ1n) is 6.36. The van der Waals surface area contributed by atoms with Gasteiger partial charge in [0, 0.05) is 12.1 Å². The van der Waals surface area contributed by atoms with Crippen LogP contribution in [0.5, 0.6) is 0 Å². The summed E-state index contributed by atoms with van der Waals surface area (Å²) in [6, 6.07) is 10.7. The molecule has 0 aliphatic heterocycles. The van der Waals surface area contributed by atoms with Crippen LogP contribution in [0.2, 0.25) is 0 Å². The van der Waals surface area contributed by atoms with E-state index in [0.29, 0.717) is 23.1 Å². The summed E-state index contributed by atoms with van der Waals surface area (Å²) in [4.78, 5) is 28.4. The average molecular weight is 285 g/mol. The van der Waals surface area contributed by atoms with Gasteiger partial charge in [0.2, 0.25) is 0 Å². The predicted molar refractivity (Wildman–Crippen MR) is 76.5 cm³/mol. The average Bonchev–Trinajstić information content (AvgIpc) is 2.84. The molecular weight excluding hydrogens is 273 g/mol. The predicted octanol–water partition coefficient (Wildman–Crippen LogP) is 1.93. The molecule has 0 saturated heterocycles. The number of hydrogen-bond donors (Lipinski definition) is 3. The zero-order valence-electron chi connectivity index (χ0n) is 10.9. The number of carbonyl (C=O) groups excluding carboxylic acids is 1. The molecule has 6 heteroatoms. The minimum atomic E-state index is -0.381. The summed E-state index contributed by atoms with van der Waals surface area (Å²) in [5.74, 6) is -0.661. The Kier molecular flexibility index (Phi) is 3.27. The molecule has 0 radical (unpaired) electrons. The molecule has 0 aliphatic rings. The van der Waals surface area contributed by atoms with Gasteiger partial charge in [0.05, 0.1) is 11.0 Å². The van der Waals surface area contributed by atoms with Crippen molar-refractivity contribution in [1.29, 1.82) is 0 Å². The van der Waals surface area contributed by atoms with Crippen LogP contribution in [0, 0.1) is 5.82 Å². The first kappa shape index (κ1) is 13.1. The Morgan fingerprint density at radius 1 is 1.05 bits per heavy atom. The Balaban J connectivity index is 1.72. The molecule has 1 amide bonds. The number of imidazole rings is 1. The fourth-order valence-electron chi connectivity index (χ4n) is 2.08. The lowest BCUT2D eigenvalue weighted by molar-refractivity contribution is 0.0951. The number of nitrogens with one attached hydrogen (secondary N) is 3. The van der Waals surface area contributed by atoms with Crippen molar-refractivity contribution in [2.24, 2.45) is 0 Å². The van der Waals surface area contributed by atoms with Crippen molar-refractivity contribution in [3.63, 3.8) is 0 Å². The van der Waals surface area contributed by atoms with E-state index in [1.54, 1.807) is 12.1 Å². The lowest BCUT2D eigenvalue weighted by atomic mass is 10.1. The van der Waals surface area contributed by atoms with E-state index in [4.69, 9.17) is 0 Å². The number of hydrogen-bond acceptors (Lipinski definition) is 2. The summed E-state index contributed by atoms with van der Waals surface area (Å²) in [5, 5.41) is 2.74. The second-order valence-electron chi connectivity index (χ2n) is 4.65. The fraction of sp³-hybridized carbons (Fsp3) is 0.0667. The Bertz CT molecular complexity index is 849. The van der Waals surface area contributed by atoms with Gasteiger partial charge in [-0.15, -0.1) is 0 Å². The lowest BCUT2D eigenvalue weighted by Gasteiger charge is -2.05. The Morgan fingerprint density at radius 3 is 2.52 bits per heavy atom. The van der Waals surface area contributed by atoms with Gasteiger partial charge in [-0.2, -0.15) is 0 Å². The number of benzene rings is 2. The minimum Gasteiger partial charge on any atom is -0.348 e. The van der Waals surface area contributed by atoms with Gasteiger partial charge in [0.15, 0.2) is 0 Å². The van der Waals surface area contributed by atoms with E-state index in [-0.39, 0.29) is 17.4 Å². The molecule has 0 aliphatic carbocycles. The standard InChI is InChI=1S/C15H12FN3O2/c16-11-4-2-10(3-5-11)14(20)17-8-9-1-6-12-13(7-9)19-15(21)18-12/h1-7H,8H2,(H,17,20)(H2,18,19,21). The molecule has 0 saturated carbocycles. The minimum absolute atomic E-state index is 0.266. The first-order chi connectivity index (χ1) is 10.1. The van der Waals surface area contributed by atoms with E-state index in [1.807, 2.05) is 6.07 Å². The summed E-state index contributed by atoms with van der Waals surface area (Å²) < 4.78 is 12.8. The topological polar surface area (TPSA) is 77.8 Å². The van der Waals surface area contributed by atoms with Crippen LogP contribution in [0.25, 0.3) is 11.0 Å². The molecule has 0 atom stereocenters. The molecule has 106 valence electrons. The van der Waals surface area contributed by atoms with Crippen molar-refractivity contribution < 1.29 is 9.18 Å². The molecule has 5 nitrogen and oxygen atoms in total. The summed E-state index contributed by atoms with van der Waals surface area (Å²) >= 11 is 0. The molecule has 3 aromatic rings. The quantitative estimate of drug-likeness (QED) is 0.687. The highest BCUT2D eigenvalue weighted by atomic mass is 19.1. The highest BCUT2D eigenvalue weighted by Crippen LogP contribution is 2.10.